The van der Waals surface area contributed by atoms with Crippen molar-refractivity contribution in [1.29, 1.82) is 0 Å². The maximum absolute atomic E-state index is 6.59. The normalized spacial score (nSPS) is 21.9. The number of rotatable bonds is 9. The second-order valence-corrected chi connectivity index (χ2v) is 8.44. The number of hydrogen-bond donors (Lipinski definition) is 0. The van der Waals surface area contributed by atoms with Crippen LogP contribution in [-0.2, 0) is 14.2 Å². The predicted molar refractivity (Wildman–Crippen MR) is 94.7 cm³/mol. The van der Waals surface area contributed by atoms with E-state index < -0.39 is 0 Å². The van der Waals surface area contributed by atoms with Gasteiger partial charge in [-0.25, -0.2) is 0 Å². The summed E-state index contributed by atoms with van der Waals surface area (Å²) in [5, 5.41) is 0. The van der Waals surface area contributed by atoms with E-state index in [9.17, 15) is 0 Å². The molecule has 0 atom stereocenters. The fraction of sp³-hybridized carbons (Fsp3) is 1.00. The Hall–Kier alpha value is -0.120. The molecule has 0 bridgehead atoms. The fourth-order valence-corrected chi connectivity index (χ4v) is 4.84. The maximum Gasteiger partial charge on any atom is 0.0654 e. The lowest BCUT2D eigenvalue weighted by Gasteiger charge is -2.43. The highest BCUT2D eigenvalue weighted by atomic mass is 16.5. The molecule has 3 heteroatoms. The van der Waals surface area contributed by atoms with Gasteiger partial charge in [-0.2, -0.15) is 0 Å². The lowest BCUT2D eigenvalue weighted by molar-refractivity contribution is -0.145. The van der Waals surface area contributed by atoms with Crippen molar-refractivity contribution in [1.82, 2.24) is 0 Å². The summed E-state index contributed by atoms with van der Waals surface area (Å²) in [6, 6.07) is 0. The Kier molecular flexibility index (Phi) is 7.37. The largest absolute Gasteiger partial charge is 0.384 e. The SMILES string of the molecule is COCC(COC)(COC(C)(C)C1CCCCC1)C1CCCC1. The van der Waals surface area contributed by atoms with Gasteiger partial charge in [0.1, 0.15) is 0 Å². The van der Waals surface area contributed by atoms with Crippen LogP contribution in [-0.4, -0.2) is 39.6 Å². The Balaban J connectivity index is 2.03. The minimum Gasteiger partial charge on any atom is -0.384 e. The van der Waals surface area contributed by atoms with E-state index in [0.29, 0.717) is 11.8 Å². The Morgan fingerprint density at radius 2 is 1.17 bits per heavy atom. The standard InChI is InChI=1S/C20H38O3/c1-19(2,17-10-6-5-7-11-17)23-16-20(14-21-3,15-22-4)18-12-8-9-13-18/h17-18H,5-16H2,1-4H3. The van der Waals surface area contributed by atoms with Crippen LogP contribution < -0.4 is 0 Å². The molecule has 0 radical (unpaired) electrons. The number of methoxy groups -OCH3 is 2. The van der Waals surface area contributed by atoms with Crippen LogP contribution in [0.5, 0.6) is 0 Å². The molecule has 0 aromatic carbocycles. The van der Waals surface area contributed by atoms with Crippen molar-refractivity contribution in [2.24, 2.45) is 17.3 Å². The molecule has 23 heavy (non-hydrogen) atoms. The summed E-state index contributed by atoms with van der Waals surface area (Å²) in [5.41, 5.74) is -0.0162. The van der Waals surface area contributed by atoms with Gasteiger partial charge >= 0.3 is 0 Å². The summed E-state index contributed by atoms with van der Waals surface area (Å²) in [5.74, 6) is 1.37. The van der Waals surface area contributed by atoms with E-state index in [2.05, 4.69) is 13.8 Å². The molecule has 136 valence electrons. The van der Waals surface area contributed by atoms with E-state index in [1.165, 1.54) is 57.8 Å². The van der Waals surface area contributed by atoms with E-state index in [4.69, 9.17) is 14.2 Å². The van der Waals surface area contributed by atoms with Crippen LogP contribution in [0.25, 0.3) is 0 Å². The minimum absolute atomic E-state index is 0.0198. The topological polar surface area (TPSA) is 27.7 Å². The third-order valence-electron chi connectivity index (χ3n) is 6.40. The number of hydrogen-bond acceptors (Lipinski definition) is 3. The van der Waals surface area contributed by atoms with Gasteiger partial charge < -0.3 is 14.2 Å². The molecule has 0 heterocycles. The van der Waals surface area contributed by atoms with Crippen LogP contribution >= 0.6 is 0 Å². The molecular formula is C20H38O3. The molecule has 0 unspecified atom stereocenters. The van der Waals surface area contributed by atoms with Gasteiger partial charge in [-0.15, -0.1) is 0 Å². The van der Waals surface area contributed by atoms with Gasteiger partial charge in [0.2, 0.25) is 0 Å². The zero-order valence-electron chi connectivity index (χ0n) is 15.9. The Morgan fingerprint density at radius 1 is 0.696 bits per heavy atom. The van der Waals surface area contributed by atoms with Crippen molar-refractivity contribution in [3.05, 3.63) is 0 Å². The zero-order valence-corrected chi connectivity index (χ0v) is 15.9. The molecule has 2 aliphatic rings. The van der Waals surface area contributed by atoms with E-state index in [1.54, 1.807) is 0 Å². The van der Waals surface area contributed by atoms with Gasteiger partial charge in [0, 0.05) is 19.6 Å². The summed E-state index contributed by atoms with van der Waals surface area (Å²) in [6.07, 6.45) is 12.0. The van der Waals surface area contributed by atoms with Gasteiger partial charge in [0.05, 0.1) is 25.4 Å². The summed E-state index contributed by atoms with van der Waals surface area (Å²) in [7, 11) is 3.62. The molecule has 0 aromatic rings. The van der Waals surface area contributed by atoms with E-state index >= 15 is 0 Å². The molecule has 0 N–H and O–H groups in total. The molecule has 2 fully saturated rings. The second-order valence-electron chi connectivity index (χ2n) is 8.44. The third-order valence-corrected chi connectivity index (χ3v) is 6.40. The Bertz CT molecular complexity index is 322. The monoisotopic (exact) mass is 326 g/mol. The van der Waals surface area contributed by atoms with Gasteiger partial charge in [-0.05, 0) is 51.4 Å². The fourth-order valence-electron chi connectivity index (χ4n) is 4.84. The lowest BCUT2D eigenvalue weighted by atomic mass is 9.75. The molecule has 0 aliphatic heterocycles. The van der Waals surface area contributed by atoms with Crippen molar-refractivity contribution in [2.45, 2.75) is 77.2 Å². The second kappa shape index (κ2) is 8.82. The van der Waals surface area contributed by atoms with Crippen LogP contribution in [0.3, 0.4) is 0 Å². The first-order valence-electron chi connectivity index (χ1n) is 9.66. The van der Waals surface area contributed by atoms with E-state index in [-0.39, 0.29) is 11.0 Å². The average molecular weight is 327 g/mol. The van der Waals surface area contributed by atoms with Crippen molar-refractivity contribution in [3.8, 4) is 0 Å². The first-order chi connectivity index (χ1) is 11.0. The maximum atomic E-state index is 6.59. The highest BCUT2D eigenvalue weighted by Gasteiger charge is 2.43. The number of ether oxygens (including phenoxy) is 3. The van der Waals surface area contributed by atoms with Crippen LogP contribution in [0.4, 0.5) is 0 Å². The summed E-state index contributed by atoms with van der Waals surface area (Å²) >= 11 is 0. The van der Waals surface area contributed by atoms with Crippen molar-refractivity contribution >= 4 is 0 Å². The van der Waals surface area contributed by atoms with Crippen molar-refractivity contribution in [3.63, 3.8) is 0 Å². The van der Waals surface area contributed by atoms with Gasteiger partial charge in [0.15, 0.2) is 0 Å². The van der Waals surface area contributed by atoms with Crippen molar-refractivity contribution in [2.75, 3.05) is 34.0 Å². The summed E-state index contributed by atoms with van der Waals surface area (Å²) in [6.45, 7) is 6.84. The van der Waals surface area contributed by atoms with Crippen LogP contribution in [0.2, 0.25) is 0 Å². The van der Waals surface area contributed by atoms with Gasteiger partial charge in [-0.1, -0.05) is 32.1 Å². The molecule has 2 saturated carbocycles. The quantitative estimate of drug-likeness (QED) is 0.607. The molecule has 0 saturated heterocycles. The first kappa shape index (κ1) is 19.2. The smallest absolute Gasteiger partial charge is 0.0654 e. The summed E-state index contributed by atoms with van der Waals surface area (Å²) < 4.78 is 17.8. The molecular weight excluding hydrogens is 288 g/mol. The molecule has 2 aliphatic carbocycles. The first-order valence-corrected chi connectivity index (χ1v) is 9.66. The summed E-state index contributed by atoms with van der Waals surface area (Å²) in [4.78, 5) is 0. The highest BCUT2D eigenvalue weighted by Crippen LogP contribution is 2.43. The van der Waals surface area contributed by atoms with Gasteiger partial charge in [-0.3, -0.25) is 0 Å². The zero-order chi connectivity index (χ0) is 16.8. The van der Waals surface area contributed by atoms with Gasteiger partial charge in [0.25, 0.3) is 0 Å². The Morgan fingerprint density at radius 3 is 1.70 bits per heavy atom. The molecule has 0 spiro atoms. The van der Waals surface area contributed by atoms with Crippen LogP contribution in [0.1, 0.15) is 71.6 Å². The molecule has 0 amide bonds. The molecule has 2 rings (SSSR count). The van der Waals surface area contributed by atoms with Crippen LogP contribution in [0.15, 0.2) is 0 Å². The van der Waals surface area contributed by atoms with Crippen molar-refractivity contribution < 1.29 is 14.2 Å². The van der Waals surface area contributed by atoms with E-state index in [0.717, 1.165) is 19.8 Å². The van der Waals surface area contributed by atoms with Crippen LogP contribution in [0, 0.1) is 17.3 Å². The minimum atomic E-state index is -0.0360. The predicted octanol–water partition coefficient (Wildman–Crippen LogP) is 4.83. The molecule has 0 aromatic heterocycles. The third kappa shape index (κ3) is 4.93. The Labute approximate surface area is 143 Å². The average Bonchev–Trinajstić information content (AvgIpc) is 3.09. The highest BCUT2D eigenvalue weighted by molar-refractivity contribution is 4.91. The van der Waals surface area contributed by atoms with E-state index in [1.807, 2.05) is 14.2 Å². The molecule has 3 nitrogen and oxygen atoms in total. The lowest BCUT2D eigenvalue weighted by Crippen LogP contribution is -2.46.